The minimum atomic E-state index is -3.55. The van der Waals surface area contributed by atoms with Gasteiger partial charge in [-0.3, -0.25) is 9.59 Å². The lowest BCUT2D eigenvalue weighted by molar-refractivity contribution is -0.117. The third-order valence-corrected chi connectivity index (χ3v) is 6.69. The van der Waals surface area contributed by atoms with Gasteiger partial charge in [-0.1, -0.05) is 11.6 Å². The van der Waals surface area contributed by atoms with Gasteiger partial charge in [0.15, 0.2) is 0 Å². The summed E-state index contributed by atoms with van der Waals surface area (Å²) < 4.78 is 25.3. The van der Waals surface area contributed by atoms with Crippen LogP contribution in [0.25, 0.3) is 0 Å². The molecule has 1 aliphatic carbocycles. The first kappa shape index (κ1) is 19.9. The molecule has 2 amide bonds. The van der Waals surface area contributed by atoms with E-state index in [1.54, 1.807) is 19.1 Å². The van der Waals surface area contributed by atoms with Crippen LogP contribution >= 0.6 is 0 Å². The van der Waals surface area contributed by atoms with Crippen LogP contribution in [0.4, 0.5) is 0 Å². The number of fused-ring (bicyclic) bond motifs is 1. The summed E-state index contributed by atoms with van der Waals surface area (Å²) in [6.45, 7) is 3.69. The number of nitrogens with zero attached hydrogens (tertiary/aromatic N) is 2. The maximum atomic E-state index is 12.4. The average molecular weight is 399 g/mol. The number of amides is 2. The summed E-state index contributed by atoms with van der Waals surface area (Å²) >= 11 is 0. The Morgan fingerprint density at radius 1 is 1.14 bits per heavy atom. The summed E-state index contributed by atoms with van der Waals surface area (Å²) in [4.78, 5) is 28.6. The van der Waals surface area contributed by atoms with E-state index in [2.05, 4.69) is 10.3 Å². The van der Waals surface area contributed by atoms with Gasteiger partial charge in [-0.2, -0.15) is 0 Å². The van der Waals surface area contributed by atoms with Gasteiger partial charge >= 0.3 is 0 Å². The molecule has 1 N–H and O–H groups in total. The van der Waals surface area contributed by atoms with Crippen molar-refractivity contribution in [3.05, 3.63) is 64.9 Å². The van der Waals surface area contributed by atoms with Crippen molar-refractivity contribution in [1.29, 1.82) is 0 Å². The van der Waals surface area contributed by atoms with Crippen molar-refractivity contribution in [3.8, 4) is 0 Å². The van der Waals surface area contributed by atoms with Crippen LogP contribution < -0.4 is 5.32 Å². The predicted molar refractivity (Wildman–Crippen MR) is 106 cm³/mol. The summed E-state index contributed by atoms with van der Waals surface area (Å²) in [5, 5.41) is 2.83. The third kappa shape index (κ3) is 3.61. The molecule has 2 aliphatic rings. The standard InChI is InChI=1S/C20H21N3O4S/c1-12-13(2)19(24)22-18-11-15(7-10-17(12)18)21-20(25)14-5-8-16(9-6-14)28(26,27)23(3)4/h5-11,17H,1-4H3,(H,22,24). The van der Waals surface area contributed by atoms with Gasteiger partial charge in [0.05, 0.1) is 10.6 Å². The molecule has 0 saturated carbocycles. The Morgan fingerprint density at radius 3 is 2.39 bits per heavy atom. The molecule has 1 aliphatic heterocycles. The minimum absolute atomic E-state index is 0.0257. The first-order valence-electron chi connectivity index (χ1n) is 8.65. The van der Waals surface area contributed by atoms with E-state index >= 15 is 0 Å². The Morgan fingerprint density at radius 2 is 1.79 bits per heavy atom. The Balaban J connectivity index is 1.84. The Kier molecular flexibility index (Phi) is 5.18. The molecule has 8 heteroatoms. The maximum absolute atomic E-state index is 12.4. The molecule has 0 bridgehead atoms. The van der Waals surface area contributed by atoms with Crippen LogP contribution in [0, 0.1) is 5.92 Å². The van der Waals surface area contributed by atoms with E-state index in [-0.39, 0.29) is 22.3 Å². The zero-order valence-electron chi connectivity index (χ0n) is 16.1. The molecular weight excluding hydrogens is 378 g/mol. The van der Waals surface area contributed by atoms with Crippen LogP contribution in [0.3, 0.4) is 0 Å². The highest BCUT2D eigenvalue weighted by Gasteiger charge is 2.27. The zero-order valence-corrected chi connectivity index (χ0v) is 16.9. The third-order valence-electron chi connectivity index (χ3n) is 4.86. The number of allylic oxidation sites excluding steroid dienone is 3. The molecule has 1 unspecified atom stereocenters. The number of carbonyl (C=O) groups is 2. The van der Waals surface area contributed by atoms with E-state index in [1.807, 2.05) is 13.0 Å². The second-order valence-corrected chi connectivity index (χ2v) is 9.00. The SMILES string of the molecule is CC1=C(C)C2C=CC(=NC(=O)c3ccc(S(=O)(=O)N(C)C)cc3)C=C2NC1=O. The number of benzene rings is 1. The number of aliphatic imine (C=N–C) groups is 1. The van der Waals surface area contributed by atoms with Gasteiger partial charge in [-0.15, -0.1) is 0 Å². The Hall–Kier alpha value is -2.84. The number of rotatable bonds is 3. The van der Waals surface area contributed by atoms with Crippen molar-refractivity contribution in [3.63, 3.8) is 0 Å². The molecule has 0 fully saturated rings. The quantitative estimate of drug-likeness (QED) is 0.841. The number of carbonyl (C=O) groups excluding carboxylic acids is 2. The van der Waals surface area contributed by atoms with Crippen molar-refractivity contribution in [1.82, 2.24) is 9.62 Å². The number of hydrogen-bond acceptors (Lipinski definition) is 4. The molecule has 0 aromatic heterocycles. The van der Waals surface area contributed by atoms with Gasteiger partial charge in [-0.25, -0.2) is 17.7 Å². The lowest BCUT2D eigenvalue weighted by Gasteiger charge is -2.28. The Bertz CT molecular complexity index is 1070. The van der Waals surface area contributed by atoms with Gasteiger partial charge in [0, 0.05) is 36.8 Å². The van der Waals surface area contributed by atoms with Gasteiger partial charge < -0.3 is 5.32 Å². The molecule has 0 spiro atoms. The van der Waals surface area contributed by atoms with E-state index in [9.17, 15) is 18.0 Å². The van der Waals surface area contributed by atoms with Crippen LogP contribution in [0.5, 0.6) is 0 Å². The number of sulfonamides is 1. The van der Waals surface area contributed by atoms with E-state index < -0.39 is 15.9 Å². The highest BCUT2D eigenvalue weighted by molar-refractivity contribution is 7.89. The average Bonchev–Trinajstić information content (AvgIpc) is 2.66. The fraction of sp³-hybridized carbons (Fsp3) is 0.250. The van der Waals surface area contributed by atoms with E-state index in [0.29, 0.717) is 17.0 Å². The molecule has 7 nitrogen and oxygen atoms in total. The van der Waals surface area contributed by atoms with Crippen LogP contribution in [-0.2, 0) is 14.8 Å². The van der Waals surface area contributed by atoms with Crippen molar-refractivity contribution in [2.24, 2.45) is 10.9 Å². The molecule has 1 aromatic rings. The molecule has 146 valence electrons. The molecule has 3 rings (SSSR count). The lowest BCUT2D eigenvalue weighted by Crippen LogP contribution is -2.35. The van der Waals surface area contributed by atoms with Gasteiger partial charge in [-0.05, 0) is 50.3 Å². The second kappa shape index (κ2) is 7.29. The van der Waals surface area contributed by atoms with Crippen molar-refractivity contribution in [2.75, 3.05) is 14.1 Å². The normalized spacial score (nSPS) is 20.9. The summed E-state index contributed by atoms with van der Waals surface area (Å²) in [6, 6.07) is 5.63. The van der Waals surface area contributed by atoms with E-state index in [4.69, 9.17) is 0 Å². The second-order valence-electron chi connectivity index (χ2n) is 6.85. The molecule has 0 saturated heterocycles. The maximum Gasteiger partial charge on any atom is 0.277 e. The van der Waals surface area contributed by atoms with E-state index in [0.717, 1.165) is 9.88 Å². The highest BCUT2D eigenvalue weighted by Crippen LogP contribution is 2.29. The van der Waals surface area contributed by atoms with E-state index in [1.165, 1.54) is 38.4 Å². The number of nitrogens with one attached hydrogen (secondary N) is 1. The first-order valence-corrected chi connectivity index (χ1v) is 10.1. The van der Waals surface area contributed by atoms with Crippen molar-refractivity contribution < 1.29 is 18.0 Å². The molecule has 1 heterocycles. The van der Waals surface area contributed by atoms with Crippen LogP contribution in [-0.4, -0.2) is 44.3 Å². The summed E-state index contributed by atoms with van der Waals surface area (Å²) in [7, 11) is -0.667. The van der Waals surface area contributed by atoms with Gasteiger partial charge in [0.2, 0.25) is 10.0 Å². The lowest BCUT2D eigenvalue weighted by atomic mass is 9.85. The van der Waals surface area contributed by atoms with Crippen LogP contribution in [0.1, 0.15) is 24.2 Å². The van der Waals surface area contributed by atoms with Crippen molar-refractivity contribution in [2.45, 2.75) is 18.7 Å². The number of hydrogen-bond donors (Lipinski definition) is 1. The highest BCUT2D eigenvalue weighted by atomic mass is 32.2. The topological polar surface area (TPSA) is 95.9 Å². The molecule has 1 aromatic carbocycles. The zero-order chi connectivity index (χ0) is 20.6. The van der Waals surface area contributed by atoms with Crippen LogP contribution in [0.2, 0.25) is 0 Å². The smallest absolute Gasteiger partial charge is 0.277 e. The summed E-state index contributed by atoms with van der Waals surface area (Å²) in [5.41, 5.74) is 3.05. The molecule has 28 heavy (non-hydrogen) atoms. The monoisotopic (exact) mass is 399 g/mol. The largest absolute Gasteiger partial charge is 0.325 e. The predicted octanol–water partition coefficient (Wildman–Crippen LogP) is 2.05. The molecule has 1 atom stereocenters. The first-order chi connectivity index (χ1) is 13.1. The Labute approximate surface area is 164 Å². The minimum Gasteiger partial charge on any atom is -0.325 e. The van der Waals surface area contributed by atoms with Gasteiger partial charge in [0.25, 0.3) is 11.8 Å². The van der Waals surface area contributed by atoms with Crippen LogP contribution in [0.15, 0.2) is 69.2 Å². The fourth-order valence-corrected chi connectivity index (χ4v) is 3.86. The van der Waals surface area contributed by atoms with Crippen molar-refractivity contribution >= 4 is 27.5 Å². The summed E-state index contributed by atoms with van der Waals surface area (Å²) in [5.74, 6) is -0.671. The molecular formula is C20H21N3O4S. The molecule has 0 radical (unpaired) electrons. The van der Waals surface area contributed by atoms with Gasteiger partial charge in [0.1, 0.15) is 0 Å². The summed E-state index contributed by atoms with van der Waals surface area (Å²) in [6.07, 6.45) is 5.32. The fourth-order valence-electron chi connectivity index (χ4n) is 2.96.